The van der Waals surface area contributed by atoms with Crippen molar-refractivity contribution >= 4 is 44.1 Å². The molecule has 29 heavy (non-hydrogen) atoms. The summed E-state index contributed by atoms with van der Waals surface area (Å²) in [6, 6.07) is 5.00. The Bertz CT molecular complexity index is 1180. The molecule has 4 heterocycles. The highest BCUT2D eigenvalue weighted by Crippen LogP contribution is 2.29. The van der Waals surface area contributed by atoms with Gasteiger partial charge in [-0.25, -0.2) is 13.4 Å². The minimum Gasteiger partial charge on any atom is -0.351 e. The van der Waals surface area contributed by atoms with E-state index in [0.29, 0.717) is 28.8 Å². The lowest BCUT2D eigenvalue weighted by Gasteiger charge is -2.12. The molecule has 11 heteroatoms. The third-order valence-electron chi connectivity index (χ3n) is 4.64. The van der Waals surface area contributed by atoms with E-state index in [2.05, 4.69) is 20.8 Å². The normalized spacial score (nSPS) is 18.0. The Hall–Kier alpha value is -2.79. The van der Waals surface area contributed by atoms with E-state index in [4.69, 9.17) is 4.52 Å². The summed E-state index contributed by atoms with van der Waals surface area (Å²) in [7, 11) is -3.09. The summed E-state index contributed by atoms with van der Waals surface area (Å²) >= 11 is 1.48. The van der Waals surface area contributed by atoms with Gasteiger partial charge >= 0.3 is 0 Å². The van der Waals surface area contributed by atoms with Crippen LogP contribution < -0.4 is 10.6 Å². The van der Waals surface area contributed by atoms with Gasteiger partial charge in [0.25, 0.3) is 11.6 Å². The maximum atomic E-state index is 12.8. The molecule has 1 saturated heterocycles. The molecular formula is C18H18N4O5S2. The lowest BCUT2D eigenvalue weighted by molar-refractivity contribution is -0.120. The molecule has 0 spiro atoms. The van der Waals surface area contributed by atoms with E-state index in [1.165, 1.54) is 11.3 Å². The number of nitrogens with zero attached hydrogens (tertiary/aromatic N) is 2. The van der Waals surface area contributed by atoms with Crippen molar-refractivity contribution in [2.75, 3.05) is 18.1 Å². The van der Waals surface area contributed by atoms with E-state index in [1.54, 1.807) is 13.0 Å². The van der Waals surface area contributed by atoms with Gasteiger partial charge in [-0.15, -0.1) is 11.3 Å². The van der Waals surface area contributed by atoms with Gasteiger partial charge in [0.1, 0.15) is 0 Å². The first-order valence-corrected chi connectivity index (χ1v) is 11.6. The number of rotatable bonds is 5. The fourth-order valence-electron chi connectivity index (χ4n) is 3.27. The van der Waals surface area contributed by atoms with Gasteiger partial charge in [0.15, 0.2) is 9.84 Å². The van der Waals surface area contributed by atoms with E-state index in [9.17, 15) is 18.0 Å². The van der Waals surface area contributed by atoms with E-state index < -0.39 is 27.7 Å². The number of aryl methyl sites for hydroxylation is 1. The predicted octanol–water partition coefficient (Wildman–Crippen LogP) is 1.29. The van der Waals surface area contributed by atoms with Crippen LogP contribution in [0.5, 0.6) is 0 Å². The molecule has 3 aromatic rings. The molecule has 152 valence electrons. The Morgan fingerprint density at radius 3 is 2.90 bits per heavy atom. The summed E-state index contributed by atoms with van der Waals surface area (Å²) in [5.41, 5.74) is 1.66. The summed E-state index contributed by atoms with van der Waals surface area (Å²) in [6.45, 7) is 1.44. The van der Waals surface area contributed by atoms with E-state index >= 15 is 0 Å². The predicted molar refractivity (Wildman–Crippen MR) is 107 cm³/mol. The Morgan fingerprint density at radius 1 is 1.38 bits per heavy atom. The molecule has 0 bridgehead atoms. The molecule has 3 aromatic heterocycles. The topological polar surface area (TPSA) is 131 Å². The fourth-order valence-corrected chi connectivity index (χ4v) is 5.63. The Kier molecular flexibility index (Phi) is 5.09. The number of carbonyl (C=O) groups excluding carboxylic acids is 2. The first-order chi connectivity index (χ1) is 13.8. The molecule has 0 unspecified atom stereocenters. The largest absolute Gasteiger partial charge is 0.351 e. The Labute approximate surface area is 170 Å². The van der Waals surface area contributed by atoms with Crippen molar-refractivity contribution in [3.05, 3.63) is 34.8 Å². The van der Waals surface area contributed by atoms with Crippen molar-refractivity contribution in [1.82, 2.24) is 20.8 Å². The second-order valence-electron chi connectivity index (χ2n) is 6.83. The maximum Gasteiger partial charge on any atom is 0.259 e. The van der Waals surface area contributed by atoms with Crippen LogP contribution in [0.15, 0.2) is 28.1 Å². The van der Waals surface area contributed by atoms with Gasteiger partial charge in [-0.2, -0.15) is 0 Å². The second kappa shape index (κ2) is 7.56. The van der Waals surface area contributed by atoms with Crippen LogP contribution in [-0.2, 0) is 14.6 Å². The minimum atomic E-state index is -3.09. The average molecular weight is 434 g/mol. The Balaban J connectivity index is 1.51. The van der Waals surface area contributed by atoms with Crippen LogP contribution in [-0.4, -0.2) is 54.5 Å². The molecule has 1 aliphatic heterocycles. The highest BCUT2D eigenvalue weighted by Gasteiger charge is 2.29. The first kappa shape index (κ1) is 19.5. The number of carbonyl (C=O) groups is 2. The highest BCUT2D eigenvalue weighted by molar-refractivity contribution is 7.91. The third-order valence-corrected chi connectivity index (χ3v) is 7.30. The fraction of sp³-hybridized carbons (Fsp3) is 0.333. The zero-order valence-corrected chi connectivity index (χ0v) is 17.1. The van der Waals surface area contributed by atoms with E-state index in [1.807, 2.05) is 17.5 Å². The lowest BCUT2D eigenvalue weighted by atomic mass is 10.1. The van der Waals surface area contributed by atoms with Gasteiger partial charge in [-0.3, -0.25) is 9.59 Å². The monoisotopic (exact) mass is 434 g/mol. The summed E-state index contributed by atoms with van der Waals surface area (Å²) in [4.78, 5) is 30.2. The van der Waals surface area contributed by atoms with Crippen LogP contribution in [0.25, 0.3) is 21.7 Å². The molecule has 0 radical (unpaired) electrons. The van der Waals surface area contributed by atoms with Crippen molar-refractivity contribution in [1.29, 1.82) is 0 Å². The summed E-state index contributed by atoms with van der Waals surface area (Å²) in [5, 5.41) is 11.5. The highest BCUT2D eigenvalue weighted by atomic mass is 32.2. The van der Waals surface area contributed by atoms with Crippen molar-refractivity contribution in [3.63, 3.8) is 0 Å². The first-order valence-electron chi connectivity index (χ1n) is 8.91. The molecule has 0 aromatic carbocycles. The second-order valence-corrected chi connectivity index (χ2v) is 10.0. The van der Waals surface area contributed by atoms with Gasteiger partial charge < -0.3 is 15.2 Å². The van der Waals surface area contributed by atoms with Gasteiger partial charge in [0.2, 0.25) is 5.91 Å². The number of amides is 2. The lowest BCUT2D eigenvalue weighted by Crippen LogP contribution is -2.42. The van der Waals surface area contributed by atoms with Crippen LogP contribution in [0.2, 0.25) is 0 Å². The molecule has 0 saturated carbocycles. The number of hydrogen-bond acceptors (Lipinski definition) is 8. The van der Waals surface area contributed by atoms with Crippen molar-refractivity contribution in [3.8, 4) is 10.6 Å². The van der Waals surface area contributed by atoms with Crippen LogP contribution in [0.1, 0.15) is 22.5 Å². The van der Waals surface area contributed by atoms with E-state index in [-0.39, 0.29) is 23.8 Å². The molecule has 2 N–H and O–H groups in total. The summed E-state index contributed by atoms with van der Waals surface area (Å²) < 4.78 is 28.2. The smallest absolute Gasteiger partial charge is 0.259 e. The molecule has 1 aliphatic rings. The SMILES string of the molecule is Cc1noc2nc(-c3cccs3)cc(C(=O)NCC(=O)N[C@H]3CCS(=O)(=O)C3)c12. The van der Waals surface area contributed by atoms with Crippen LogP contribution in [0, 0.1) is 6.92 Å². The number of nitrogens with one attached hydrogen (secondary N) is 2. The number of aromatic nitrogens is 2. The van der Waals surface area contributed by atoms with E-state index in [0.717, 1.165) is 4.88 Å². The molecule has 9 nitrogen and oxygen atoms in total. The third kappa shape index (κ3) is 4.15. The quantitative estimate of drug-likeness (QED) is 0.618. The molecule has 1 atom stereocenters. The molecule has 4 rings (SSSR count). The van der Waals surface area contributed by atoms with Crippen molar-refractivity contribution < 1.29 is 22.5 Å². The molecule has 1 fully saturated rings. The summed E-state index contributed by atoms with van der Waals surface area (Å²) in [6.07, 6.45) is 0.386. The van der Waals surface area contributed by atoms with Crippen molar-refractivity contribution in [2.24, 2.45) is 0 Å². The average Bonchev–Trinajstić information content (AvgIpc) is 3.40. The molecular weight excluding hydrogens is 416 g/mol. The van der Waals surface area contributed by atoms with Crippen molar-refractivity contribution in [2.45, 2.75) is 19.4 Å². The van der Waals surface area contributed by atoms with Crippen LogP contribution in [0.3, 0.4) is 0 Å². The number of fused-ring (bicyclic) bond motifs is 1. The zero-order valence-electron chi connectivity index (χ0n) is 15.5. The molecule has 2 amide bonds. The van der Waals surface area contributed by atoms with Gasteiger partial charge in [0.05, 0.1) is 45.3 Å². The minimum absolute atomic E-state index is 0.0670. The van der Waals surface area contributed by atoms with Crippen LogP contribution in [0.4, 0.5) is 0 Å². The van der Waals surface area contributed by atoms with Gasteiger partial charge in [0, 0.05) is 6.04 Å². The number of pyridine rings is 1. The number of thiophene rings is 1. The van der Waals surface area contributed by atoms with Gasteiger partial charge in [-0.1, -0.05) is 11.2 Å². The Morgan fingerprint density at radius 2 is 2.21 bits per heavy atom. The zero-order chi connectivity index (χ0) is 20.6. The standard InChI is InChI=1S/C18H18N4O5S2/c1-10-16-12(7-13(14-3-2-5-28-14)21-18(16)27-22-10)17(24)19-8-15(23)20-11-4-6-29(25,26)9-11/h2-3,5,7,11H,4,6,8-9H2,1H3,(H,19,24)(H,20,23)/t11-/m0/s1. The number of hydrogen-bond donors (Lipinski definition) is 2. The summed E-state index contributed by atoms with van der Waals surface area (Å²) in [5.74, 6) is -0.902. The maximum absolute atomic E-state index is 12.8. The van der Waals surface area contributed by atoms with Crippen LogP contribution >= 0.6 is 11.3 Å². The molecule has 0 aliphatic carbocycles. The van der Waals surface area contributed by atoms with Gasteiger partial charge in [-0.05, 0) is 30.9 Å². The number of sulfone groups is 1.